The normalized spacial score (nSPS) is 12.5. The van der Waals surface area contributed by atoms with Gasteiger partial charge in [-0.3, -0.25) is 9.78 Å². The molecule has 3 aromatic rings. The number of nitrogens with one attached hydrogen (secondary N) is 1. The minimum atomic E-state index is -0.104. The minimum Gasteiger partial charge on any atom is -0.341 e. The Labute approximate surface area is 128 Å². The maximum absolute atomic E-state index is 12.5. The van der Waals surface area contributed by atoms with E-state index in [4.69, 9.17) is 0 Å². The van der Waals surface area contributed by atoms with Crippen LogP contribution in [0.5, 0.6) is 0 Å². The first-order valence-corrected chi connectivity index (χ1v) is 7.24. The first kappa shape index (κ1) is 12.8. The van der Waals surface area contributed by atoms with Crippen LogP contribution in [-0.2, 0) is 0 Å². The van der Waals surface area contributed by atoms with E-state index in [1.807, 2.05) is 24.3 Å². The van der Waals surface area contributed by atoms with E-state index in [2.05, 4.69) is 34.6 Å². The Hall–Kier alpha value is -2.94. The van der Waals surface area contributed by atoms with Crippen LogP contribution in [-0.4, -0.2) is 10.9 Å². The zero-order chi connectivity index (χ0) is 14.9. The molecule has 106 valence electrons. The number of rotatable bonds is 2. The number of aromatic nitrogens is 1. The molecule has 0 saturated heterocycles. The number of carbonyl (C=O) groups is 1. The Kier molecular flexibility index (Phi) is 2.97. The van der Waals surface area contributed by atoms with Crippen molar-refractivity contribution in [3.05, 3.63) is 89.7 Å². The molecule has 1 N–H and O–H groups in total. The van der Waals surface area contributed by atoms with E-state index in [0.29, 0.717) is 5.56 Å². The maximum atomic E-state index is 12.5. The van der Waals surface area contributed by atoms with Crippen LogP contribution < -0.4 is 5.32 Å². The van der Waals surface area contributed by atoms with Gasteiger partial charge in [0.1, 0.15) is 0 Å². The van der Waals surface area contributed by atoms with Gasteiger partial charge in [-0.1, -0.05) is 48.5 Å². The molecule has 0 spiro atoms. The molecule has 4 rings (SSSR count). The van der Waals surface area contributed by atoms with Crippen molar-refractivity contribution in [1.29, 1.82) is 0 Å². The third-order valence-corrected chi connectivity index (χ3v) is 4.05. The molecule has 2 aromatic carbocycles. The lowest BCUT2D eigenvalue weighted by Crippen LogP contribution is -2.28. The van der Waals surface area contributed by atoms with E-state index >= 15 is 0 Å². The fourth-order valence-corrected chi connectivity index (χ4v) is 3.03. The van der Waals surface area contributed by atoms with E-state index in [-0.39, 0.29) is 11.9 Å². The summed E-state index contributed by atoms with van der Waals surface area (Å²) in [6, 6.07) is 19.8. The Morgan fingerprint density at radius 3 is 1.95 bits per heavy atom. The number of pyridine rings is 1. The van der Waals surface area contributed by atoms with Crippen molar-refractivity contribution < 1.29 is 4.79 Å². The van der Waals surface area contributed by atoms with Crippen molar-refractivity contribution in [2.75, 3.05) is 0 Å². The van der Waals surface area contributed by atoms with E-state index in [9.17, 15) is 4.79 Å². The Morgan fingerprint density at radius 2 is 1.36 bits per heavy atom. The second kappa shape index (κ2) is 5.11. The van der Waals surface area contributed by atoms with Gasteiger partial charge >= 0.3 is 0 Å². The van der Waals surface area contributed by atoms with Gasteiger partial charge in [-0.2, -0.15) is 0 Å². The predicted molar refractivity (Wildman–Crippen MR) is 85.4 cm³/mol. The van der Waals surface area contributed by atoms with Gasteiger partial charge in [0, 0.05) is 18.0 Å². The summed E-state index contributed by atoms with van der Waals surface area (Å²) in [6.07, 6.45) is 3.26. The summed E-state index contributed by atoms with van der Waals surface area (Å²) in [7, 11) is 0. The SMILES string of the molecule is O=C(NC1c2ccccc2-c2ccccc21)c1ccncc1. The number of benzene rings is 2. The molecule has 0 aliphatic heterocycles. The third kappa shape index (κ3) is 1.99. The summed E-state index contributed by atoms with van der Waals surface area (Å²) >= 11 is 0. The van der Waals surface area contributed by atoms with Crippen molar-refractivity contribution in [3.63, 3.8) is 0 Å². The highest BCUT2D eigenvalue weighted by Gasteiger charge is 2.29. The lowest BCUT2D eigenvalue weighted by Gasteiger charge is -2.15. The van der Waals surface area contributed by atoms with Gasteiger partial charge < -0.3 is 5.32 Å². The molecule has 0 atom stereocenters. The molecule has 0 unspecified atom stereocenters. The van der Waals surface area contributed by atoms with Crippen molar-refractivity contribution >= 4 is 5.91 Å². The highest BCUT2D eigenvalue weighted by molar-refractivity contribution is 5.95. The van der Waals surface area contributed by atoms with Crippen molar-refractivity contribution in [2.24, 2.45) is 0 Å². The number of carbonyl (C=O) groups excluding carboxylic acids is 1. The quantitative estimate of drug-likeness (QED) is 0.782. The average molecular weight is 286 g/mol. The van der Waals surface area contributed by atoms with E-state index in [0.717, 1.165) is 11.1 Å². The van der Waals surface area contributed by atoms with Gasteiger partial charge in [-0.15, -0.1) is 0 Å². The van der Waals surface area contributed by atoms with E-state index in [1.54, 1.807) is 24.5 Å². The molecule has 0 saturated carbocycles. The van der Waals surface area contributed by atoms with Crippen LogP contribution in [0.3, 0.4) is 0 Å². The summed E-state index contributed by atoms with van der Waals surface area (Å²) in [5.74, 6) is -0.0843. The molecule has 1 amide bonds. The Bertz CT molecular complexity index is 797. The number of hydrogen-bond donors (Lipinski definition) is 1. The number of amides is 1. The first-order chi connectivity index (χ1) is 10.8. The zero-order valence-electron chi connectivity index (χ0n) is 11.9. The minimum absolute atomic E-state index is 0.0843. The lowest BCUT2D eigenvalue weighted by atomic mass is 10.0. The molecule has 3 heteroatoms. The summed E-state index contributed by atoms with van der Waals surface area (Å²) in [4.78, 5) is 16.4. The lowest BCUT2D eigenvalue weighted by molar-refractivity contribution is 0.0943. The van der Waals surface area contributed by atoms with Crippen molar-refractivity contribution in [1.82, 2.24) is 10.3 Å². The Balaban J connectivity index is 1.74. The Morgan fingerprint density at radius 1 is 0.818 bits per heavy atom. The fraction of sp³-hybridized carbons (Fsp3) is 0.0526. The standard InChI is InChI=1S/C19H14N2O/c22-19(13-9-11-20-12-10-13)21-18-16-7-3-1-5-14(16)15-6-2-4-8-17(15)18/h1-12,18H,(H,21,22). The molecule has 3 nitrogen and oxygen atoms in total. The van der Waals surface area contributed by atoms with Gasteiger partial charge in [-0.25, -0.2) is 0 Å². The molecular weight excluding hydrogens is 272 g/mol. The molecule has 1 aliphatic carbocycles. The third-order valence-electron chi connectivity index (χ3n) is 4.05. The first-order valence-electron chi connectivity index (χ1n) is 7.24. The van der Waals surface area contributed by atoms with Crippen LogP contribution in [0, 0.1) is 0 Å². The van der Waals surface area contributed by atoms with E-state index in [1.165, 1.54) is 11.1 Å². The molecule has 0 radical (unpaired) electrons. The zero-order valence-corrected chi connectivity index (χ0v) is 11.9. The molecule has 1 heterocycles. The van der Waals surface area contributed by atoms with Crippen LogP contribution in [0.2, 0.25) is 0 Å². The van der Waals surface area contributed by atoms with Gasteiger partial charge in [0.25, 0.3) is 5.91 Å². The summed E-state index contributed by atoms with van der Waals surface area (Å²) < 4.78 is 0. The second-order valence-corrected chi connectivity index (χ2v) is 5.32. The average Bonchev–Trinajstić information content (AvgIpc) is 2.90. The van der Waals surface area contributed by atoms with E-state index < -0.39 is 0 Å². The summed E-state index contributed by atoms with van der Waals surface area (Å²) in [5, 5.41) is 3.14. The van der Waals surface area contributed by atoms with Gasteiger partial charge in [0.2, 0.25) is 0 Å². The highest BCUT2D eigenvalue weighted by Crippen LogP contribution is 2.43. The van der Waals surface area contributed by atoms with Crippen LogP contribution in [0.15, 0.2) is 73.1 Å². The smallest absolute Gasteiger partial charge is 0.252 e. The molecule has 22 heavy (non-hydrogen) atoms. The van der Waals surface area contributed by atoms with Gasteiger partial charge in [0.05, 0.1) is 6.04 Å². The van der Waals surface area contributed by atoms with Crippen molar-refractivity contribution in [3.8, 4) is 11.1 Å². The topological polar surface area (TPSA) is 42.0 Å². The van der Waals surface area contributed by atoms with Crippen LogP contribution in [0.1, 0.15) is 27.5 Å². The van der Waals surface area contributed by atoms with Crippen LogP contribution in [0.25, 0.3) is 11.1 Å². The largest absolute Gasteiger partial charge is 0.341 e. The molecule has 1 aromatic heterocycles. The van der Waals surface area contributed by atoms with Gasteiger partial charge in [0.15, 0.2) is 0 Å². The van der Waals surface area contributed by atoms with Crippen LogP contribution >= 0.6 is 0 Å². The van der Waals surface area contributed by atoms with Crippen LogP contribution in [0.4, 0.5) is 0 Å². The molecule has 0 fully saturated rings. The second-order valence-electron chi connectivity index (χ2n) is 5.32. The summed E-state index contributed by atoms with van der Waals surface area (Å²) in [6.45, 7) is 0. The number of nitrogens with zero attached hydrogens (tertiary/aromatic N) is 1. The predicted octanol–water partition coefficient (Wildman–Crippen LogP) is 3.58. The fourth-order valence-electron chi connectivity index (χ4n) is 3.03. The monoisotopic (exact) mass is 286 g/mol. The highest BCUT2D eigenvalue weighted by atomic mass is 16.1. The molecule has 0 bridgehead atoms. The van der Waals surface area contributed by atoms with Crippen molar-refractivity contribution in [2.45, 2.75) is 6.04 Å². The molecular formula is C19H14N2O. The number of hydrogen-bond acceptors (Lipinski definition) is 2. The summed E-state index contributed by atoms with van der Waals surface area (Å²) in [5.41, 5.74) is 5.30. The maximum Gasteiger partial charge on any atom is 0.252 e. The number of fused-ring (bicyclic) bond motifs is 3. The molecule has 1 aliphatic rings. The van der Waals surface area contributed by atoms with Gasteiger partial charge in [-0.05, 0) is 34.4 Å².